The first-order chi connectivity index (χ1) is 10.2. The standard InChI is InChI=1S/C13H22N6O2/c1-3-7-14-11-17-12(19-13(18-11)21-4-2)16-9-5-6-10(20)15-8-9/h9H,3-8H2,1-2H3,(H,15,20)(H2,14,16,17,18,19). The number of anilines is 2. The lowest BCUT2D eigenvalue weighted by Crippen LogP contribution is -2.42. The maximum absolute atomic E-state index is 11.2. The van der Waals surface area contributed by atoms with Crippen LogP contribution in [0.2, 0.25) is 0 Å². The van der Waals surface area contributed by atoms with Crippen molar-refractivity contribution in [2.45, 2.75) is 39.2 Å². The summed E-state index contributed by atoms with van der Waals surface area (Å²) < 4.78 is 5.36. The van der Waals surface area contributed by atoms with Crippen molar-refractivity contribution in [3.8, 4) is 6.01 Å². The van der Waals surface area contributed by atoms with Crippen molar-refractivity contribution < 1.29 is 9.53 Å². The van der Waals surface area contributed by atoms with E-state index in [1.165, 1.54) is 0 Å². The Morgan fingerprint density at radius 3 is 2.76 bits per heavy atom. The Labute approximate surface area is 124 Å². The predicted molar refractivity (Wildman–Crippen MR) is 79.4 cm³/mol. The highest BCUT2D eigenvalue weighted by molar-refractivity contribution is 5.76. The van der Waals surface area contributed by atoms with Crippen LogP contribution < -0.4 is 20.7 Å². The Morgan fingerprint density at radius 2 is 2.10 bits per heavy atom. The van der Waals surface area contributed by atoms with Gasteiger partial charge in [-0.1, -0.05) is 6.92 Å². The quantitative estimate of drug-likeness (QED) is 0.683. The molecule has 3 N–H and O–H groups in total. The molecule has 1 unspecified atom stereocenters. The van der Waals surface area contributed by atoms with Crippen molar-refractivity contribution in [1.82, 2.24) is 20.3 Å². The van der Waals surface area contributed by atoms with E-state index in [1.807, 2.05) is 6.92 Å². The second kappa shape index (κ2) is 7.61. The lowest BCUT2D eigenvalue weighted by Gasteiger charge is -2.23. The normalized spacial score (nSPS) is 18.0. The van der Waals surface area contributed by atoms with E-state index in [4.69, 9.17) is 4.74 Å². The molecule has 0 bridgehead atoms. The fourth-order valence-corrected chi connectivity index (χ4v) is 1.97. The summed E-state index contributed by atoms with van der Waals surface area (Å²) in [4.78, 5) is 23.9. The van der Waals surface area contributed by atoms with Crippen LogP contribution in [0.15, 0.2) is 0 Å². The van der Waals surface area contributed by atoms with Gasteiger partial charge in [0.1, 0.15) is 0 Å². The summed E-state index contributed by atoms with van der Waals surface area (Å²) in [6.07, 6.45) is 2.26. The molecule has 116 valence electrons. The fourth-order valence-electron chi connectivity index (χ4n) is 1.97. The van der Waals surface area contributed by atoms with Gasteiger partial charge in [-0.3, -0.25) is 4.79 Å². The number of hydrogen-bond acceptors (Lipinski definition) is 7. The highest BCUT2D eigenvalue weighted by atomic mass is 16.5. The molecular formula is C13H22N6O2. The summed E-state index contributed by atoms with van der Waals surface area (Å²) in [6.45, 7) is 5.81. The molecule has 8 heteroatoms. The van der Waals surface area contributed by atoms with Gasteiger partial charge in [0, 0.05) is 25.6 Å². The van der Waals surface area contributed by atoms with E-state index >= 15 is 0 Å². The van der Waals surface area contributed by atoms with Gasteiger partial charge < -0.3 is 20.7 Å². The van der Waals surface area contributed by atoms with Crippen molar-refractivity contribution in [3.63, 3.8) is 0 Å². The number of carbonyl (C=O) groups is 1. The van der Waals surface area contributed by atoms with Gasteiger partial charge in [-0.05, 0) is 19.8 Å². The first-order valence-corrected chi connectivity index (χ1v) is 7.37. The number of hydrogen-bond donors (Lipinski definition) is 3. The monoisotopic (exact) mass is 294 g/mol. The lowest BCUT2D eigenvalue weighted by atomic mass is 10.1. The molecule has 0 aromatic carbocycles. The summed E-state index contributed by atoms with van der Waals surface area (Å²) >= 11 is 0. The number of ether oxygens (including phenoxy) is 1. The van der Waals surface area contributed by atoms with Gasteiger partial charge in [-0.2, -0.15) is 15.0 Å². The topological polar surface area (TPSA) is 101 Å². The zero-order valence-electron chi connectivity index (χ0n) is 12.5. The van der Waals surface area contributed by atoms with Gasteiger partial charge in [0.05, 0.1) is 6.61 Å². The molecule has 1 atom stereocenters. The van der Waals surface area contributed by atoms with Crippen LogP contribution in [0.1, 0.15) is 33.1 Å². The van der Waals surface area contributed by atoms with Crippen LogP contribution in [0.25, 0.3) is 0 Å². The minimum Gasteiger partial charge on any atom is -0.464 e. The third kappa shape index (κ3) is 4.73. The molecule has 2 heterocycles. The largest absolute Gasteiger partial charge is 0.464 e. The van der Waals surface area contributed by atoms with Gasteiger partial charge in [0.15, 0.2) is 0 Å². The molecule has 8 nitrogen and oxygen atoms in total. The average molecular weight is 294 g/mol. The molecule has 0 spiro atoms. The van der Waals surface area contributed by atoms with E-state index in [2.05, 4.69) is 37.8 Å². The van der Waals surface area contributed by atoms with E-state index in [9.17, 15) is 4.79 Å². The van der Waals surface area contributed by atoms with E-state index in [-0.39, 0.29) is 11.9 Å². The Balaban J connectivity index is 2.05. The first-order valence-electron chi connectivity index (χ1n) is 7.37. The molecular weight excluding hydrogens is 272 g/mol. The van der Waals surface area contributed by atoms with E-state index < -0.39 is 0 Å². The molecule has 1 aliphatic heterocycles. The number of nitrogens with one attached hydrogen (secondary N) is 3. The number of carbonyl (C=O) groups excluding carboxylic acids is 1. The van der Waals surface area contributed by atoms with Crippen LogP contribution in [0.5, 0.6) is 6.01 Å². The second-order valence-electron chi connectivity index (χ2n) is 4.81. The Morgan fingerprint density at radius 1 is 1.29 bits per heavy atom. The fraction of sp³-hybridized carbons (Fsp3) is 0.692. The Hall–Kier alpha value is -2.12. The smallest absolute Gasteiger partial charge is 0.323 e. The highest BCUT2D eigenvalue weighted by Crippen LogP contribution is 2.14. The number of aromatic nitrogens is 3. The average Bonchev–Trinajstić information content (AvgIpc) is 2.48. The predicted octanol–water partition coefficient (Wildman–Crippen LogP) is 0.783. The molecule has 2 rings (SSSR count). The van der Waals surface area contributed by atoms with Crippen molar-refractivity contribution in [2.24, 2.45) is 0 Å². The van der Waals surface area contributed by atoms with Gasteiger partial charge in [0.2, 0.25) is 17.8 Å². The maximum Gasteiger partial charge on any atom is 0.323 e. The van der Waals surface area contributed by atoms with E-state index in [0.717, 1.165) is 19.4 Å². The van der Waals surface area contributed by atoms with Crippen LogP contribution in [0.4, 0.5) is 11.9 Å². The SMILES string of the molecule is CCCNc1nc(NC2CCC(=O)NC2)nc(OCC)n1. The molecule has 1 aromatic rings. The molecule has 0 aliphatic carbocycles. The summed E-state index contributed by atoms with van der Waals surface area (Å²) in [5.41, 5.74) is 0. The molecule has 1 saturated heterocycles. The maximum atomic E-state index is 11.2. The van der Waals surface area contributed by atoms with Crippen molar-refractivity contribution in [1.29, 1.82) is 0 Å². The Kier molecular flexibility index (Phi) is 5.53. The molecule has 21 heavy (non-hydrogen) atoms. The molecule has 1 amide bonds. The minimum atomic E-state index is 0.0870. The number of piperidine rings is 1. The molecule has 1 fully saturated rings. The van der Waals surface area contributed by atoms with Crippen LogP contribution in [-0.4, -0.2) is 46.6 Å². The number of amides is 1. The van der Waals surface area contributed by atoms with Crippen LogP contribution >= 0.6 is 0 Å². The first kappa shape index (κ1) is 15.3. The van der Waals surface area contributed by atoms with Crippen molar-refractivity contribution in [3.05, 3.63) is 0 Å². The third-order valence-corrected chi connectivity index (χ3v) is 3.02. The van der Waals surface area contributed by atoms with Crippen molar-refractivity contribution >= 4 is 17.8 Å². The van der Waals surface area contributed by atoms with E-state index in [1.54, 1.807) is 0 Å². The zero-order chi connectivity index (χ0) is 15.1. The number of nitrogens with zero attached hydrogens (tertiary/aromatic N) is 3. The van der Waals surface area contributed by atoms with Gasteiger partial charge in [0.25, 0.3) is 0 Å². The Bertz CT molecular complexity index is 472. The molecule has 1 aliphatic rings. The summed E-state index contributed by atoms with van der Waals surface area (Å²) in [5, 5.41) is 9.17. The molecule has 0 radical (unpaired) electrons. The van der Waals surface area contributed by atoms with Crippen LogP contribution in [0.3, 0.4) is 0 Å². The van der Waals surface area contributed by atoms with Gasteiger partial charge in [-0.15, -0.1) is 0 Å². The molecule has 1 aromatic heterocycles. The third-order valence-electron chi connectivity index (χ3n) is 3.02. The van der Waals surface area contributed by atoms with Crippen molar-refractivity contribution in [2.75, 3.05) is 30.3 Å². The summed E-state index contributed by atoms with van der Waals surface area (Å²) in [7, 11) is 0. The summed E-state index contributed by atoms with van der Waals surface area (Å²) in [5.74, 6) is 1.05. The lowest BCUT2D eigenvalue weighted by molar-refractivity contribution is -0.122. The van der Waals surface area contributed by atoms with Gasteiger partial charge >= 0.3 is 6.01 Å². The highest BCUT2D eigenvalue weighted by Gasteiger charge is 2.19. The minimum absolute atomic E-state index is 0.0870. The van der Waals surface area contributed by atoms with Gasteiger partial charge in [-0.25, -0.2) is 0 Å². The second-order valence-corrected chi connectivity index (χ2v) is 4.81. The summed E-state index contributed by atoms with van der Waals surface area (Å²) in [6, 6.07) is 0.423. The van der Waals surface area contributed by atoms with Crippen LogP contribution in [-0.2, 0) is 4.79 Å². The zero-order valence-corrected chi connectivity index (χ0v) is 12.5. The van der Waals surface area contributed by atoms with Crippen LogP contribution in [0, 0.1) is 0 Å². The number of rotatable bonds is 7. The molecule has 0 saturated carbocycles. The van der Waals surface area contributed by atoms with E-state index in [0.29, 0.717) is 37.5 Å².